The van der Waals surface area contributed by atoms with Gasteiger partial charge in [0.25, 0.3) is 0 Å². The number of rotatable bonds is 2. The van der Waals surface area contributed by atoms with E-state index < -0.39 is 0 Å². The molecule has 0 bridgehead atoms. The van der Waals surface area contributed by atoms with Gasteiger partial charge >= 0.3 is 26.8 Å². The first-order chi connectivity index (χ1) is 12.5. The summed E-state index contributed by atoms with van der Waals surface area (Å²) in [4.78, 5) is 0. The third kappa shape index (κ3) is 9.78. The topological polar surface area (TPSA) is 0 Å². The van der Waals surface area contributed by atoms with Crippen molar-refractivity contribution in [3.05, 3.63) is 72.5 Å². The first-order valence-electron chi connectivity index (χ1n) is 10.5. The van der Waals surface area contributed by atoms with Crippen molar-refractivity contribution in [2.75, 3.05) is 0 Å². The first-order valence-corrected chi connectivity index (χ1v) is 14.5. The number of fused-ring (bicyclic) bond motifs is 2. The molecule has 2 aromatic rings. The van der Waals surface area contributed by atoms with Gasteiger partial charge in [0.1, 0.15) is 0 Å². The van der Waals surface area contributed by atoms with E-state index in [1.807, 2.05) is 26.8 Å². The summed E-state index contributed by atoms with van der Waals surface area (Å²) in [7, 11) is 1.86. The molecule has 0 atom stereocenters. The fourth-order valence-corrected chi connectivity index (χ4v) is 4.12. The summed E-state index contributed by atoms with van der Waals surface area (Å²) in [6.45, 7) is 9.11. The Kier molecular flexibility index (Phi) is 20.6. The molecule has 0 spiro atoms. The summed E-state index contributed by atoms with van der Waals surface area (Å²) in [5.74, 6) is 1.41. The quantitative estimate of drug-likeness (QED) is 0.292. The third-order valence-electron chi connectivity index (χ3n) is 5.81. The Morgan fingerprint density at radius 3 is 1.23 bits per heavy atom. The summed E-state index contributed by atoms with van der Waals surface area (Å²) >= 11 is 2.03. The monoisotopic (exact) mass is 502 g/mol. The minimum atomic E-state index is 0. The van der Waals surface area contributed by atoms with Gasteiger partial charge in [-0.2, -0.15) is 45.5 Å². The second kappa shape index (κ2) is 17.7. The molecule has 0 nitrogen and oxygen atoms in total. The molecular formula is C26H44Cl2SiTi-4. The Hall–Kier alpha value is 0.211. The molecule has 0 saturated carbocycles. The van der Waals surface area contributed by atoms with E-state index in [-0.39, 0.29) is 39.7 Å². The molecule has 30 heavy (non-hydrogen) atoms. The van der Waals surface area contributed by atoms with E-state index in [1.54, 1.807) is 33.4 Å². The average Bonchev–Trinajstić information content (AvgIpc) is 3.28. The first kappa shape index (κ1) is 34.8. The van der Waals surface area contributed by atoms with Crippen molar-refractivity contribution in [2.24, 2.45) is 0 Å². The van der Waals surface area contributed by atoms with Gasteiger partial charge in [0.2, 0.25) is 0 Å². The van der Waals surface area contributed by atoms with Crippen LogP contribution in [0.1, 0.15) is 98.6 Å². The van der Waals surface area contributed by atoms with Gasteiger partial charge in [-0.15, -0.1) is 24.8 Å². The van der Waals surface area contributed by atoms with Gasteiger partial charge in [0.05, 0.1) is 0 Å². The predicted octanol–water partition coefficient (Wildman–Crippen LogP) is 7.64. The van der Waals surface area contributed by atoms with Gasteiger partial charge in [-0.1, -0.05) is 79.1 Å². The van der Waals surface area contributed by atoms with Crippen LogP contribution >= 0.6 is 24.8 Å². The van der Waals surface area contributed by atoms with Crippen LogP contribution in [-0.2, 0) is 44.9 Å². The predicted molar refractivity (Wildman–Crippen MR) is 141 cm³/mol. The molecule has 2 aliphatic carbocycles. The Bertz CT molecular complexity index is 580. The molecular weight excluding hydrogens is 459 g/mol. The Labute approximate surface area is 214 Å². The van der Waals surface area contributed by atoms with E-state index in [1.165, 1.54) is 51.4 Å². The molecule has 0 N–H and O–H groups in total. The van der Waals surface area contributed by atoms with Crippen molar-refractivity contribution >= 4 is 32.4 Å². The van der Waals surface area contributed by atoms with Gasteiger partial charge in [-0.05, 0) is 11.8 Å². The summed E-state index contributed by atoms with van der Waals surface area (Å²) in [6, 6.07) is 9.66. The van der Waals surface area contributed by atoms with Crippen LogP contribution in [0.4, 0.5) is 0 Å². The summed E-state index contributed by atoms with van der Waals surface area (Å²) in [5, 5.41) is 0. The molecule has 0 unspecified atom stereocenters. The number of halogens is 2. The summed E-state index contributed by atoms with van der Waals surface area (Å²) < 4.78 is 0. The van der Waals surface area contributed by atoms with Crippen LogP contribution in [0.15, 0.2) is 24.3 Å². The number of aryl methyl sites for hydroxylation is 4. The van der Waals surface area contributed by atoms with E-state index in [4.69, 9.17) is 0 Å². The van der Waals surface area contributed by atoms with Crippen molar-refractivity contribution in [3.8, 4) is 0 Å². The molecule has 0 radical (unpaired) electrons. The molecule has 0 saturated heterocycles. The van der Waals surface area contributed by atoms with Crippen molar-refractivity contribution in [1.29, 1.82) is 0 Å². The molecule has 2 aromatic carbocycles. The maximum absolute atomic E-state index is 2.42. The normalized spacial score (nSPS) is 13.4. The zero-order valence-corrected chi connectivity index (χ0v) is 24.8. The Morgan fingerprint density at radius 2 is 0.967 bits per heavy atom. The fraction of sp³-hybridized carbons (Fsp3) is 0.538. The summed E-state index contributed by atoms with van der Waals surface area (Å²) in [6.07, 6.45) is 10.9. The van der Waals surface area contributed by atoms with Gasteiger partial charge < -0.3 is 14.9 Å². The average molecular weight is 503 g/mol. The van der Waals surface area contributed by atoms with Crippen LogP contribution in [0.2, 0.25) is 0 Å². The molecule has 174 valence electrons. The SMILES string of the molecule is CC(C)c1cc2c([cH-]1)CCCC2.CC(C)c1cc2c([cH-]1)CCCC2.Cl.Cl.[CH3-].[CH3-].[SiH2]=[Ti]. The second-order valence-corrected chi connectivity index (χ2v) is 8.40. The van der Waals surface area contributed by atoms with Crippen LogP contribution in [-0.4, -0.2) is 7.63 Å². The number of hydrogen-bond acceptors (Lipinski definition) is 0. The van der Waals surface area contributed by atoms with E-state index in [2.05, 4.69) is 52.0 Å². The van der Waals surface area contributed by atoms with Crippen LogP contribution in [0.3, 0.4) is 0 Å². The molecule has 2 aliphatic rings. The van der Waals surface area contributed by atoms with E-state index in [0.29, 0.717) is 11.8 Å². The Morgan fingerprint density at radius 1 is 0.667 bits per heavy atom. The zero-order chi connectivity index (χ0) is 19.1. The molecule has 0 aromatic heterocycles. The van der Waals surface area contributed by atoms with Gasteiger partial charge in [-0.3, -0.25) is 0 Å². The van der Waals surface area contributed by atoms with Crippen LogP contribution < -0.4 is 0 Å². The standard InChI is InChI=1S/2C12H17.2CH3.2ClH.H2Si.Ti/c2*1-9(2)12-7-10-5-3-4-6-11(10)8-12;;;;;;/h2*7-9H,3-6H2,1-2H3;2*1H3;2*1H;1H2;/q4*-1;;;;. The second-order valence-electron chi connectivity index (χ2n) is 8.40. The minimum absolute atomic E-state index is 0. The Balaban J connectivity index is -0.000000400. The van der Waals surface area contributed by atoms with E-state index >= 15 is 0 Å². The molecule has 4 rings (SSSR count). The third-order valence-corrected chi connectivity index (χ3v) is 5.81. The molecule has 0 aliphatic heterocycles. The van der Waals surface area contributed by atoms with E-state index in [0.717, 1.165) is 0 Å². The maximum atomic E-state index is 2.42. The van der Waals surface area contributed by atoms with Gasteiger partial charge in [0.15, 0.2) is 0 Å². The van der Waals surface area contributed by atoms with Crippen LogP contribution in [0.5, 0.6) is 0 Å². The fourth-order valence-electron chi connectivity index (χ4n) is 4.12. The van der Waals surface area contributed by atoms with Crippen LogP contribution in [0.25, 0.3) is 0 Å². The van der Waals surface area contributed by atoms with Crippen molar-refractivity contribution in [2.45, 2.75) is 90.9 Å². The summed E-state index contributed by atoms with van der Waals surface area (Å²) in [5.41, 5.74) is 9.61. The van der Waals surface area contributed by atoms with E-state index in [9.17, 15) is 0 Å². The van der Waals surface area contributed by atoms with Crippen LogP contribution in [0, 0.1) is 14.9 Å². The van der Waals surface area contributed by atoms with Crippen molar-refractivity contribution < 1.29 is 19.2 Å². The number of hydrogen-bond donors (Lipinski definition) is 0. The molecule has 4 heteroatoms. The van der Waals surface area contributed by atoms with Crippen molar-refractivity contribution in [3.63, 3.8) is 0 Å². The van der Waals surface area contributed by atoms with Gasteiger partial charge in [0, 0.05) is 0 Å². The van der Waals surface area contributed by atoms with Gasteiger partial charge in [-0.25, -0.2) is 12.1 Å². The zero-order valence-electron chi connectivity index (χ0n) is 20.1. The molecule has 0 heterocycles. The molecule has 0 amide bonds. The van der Waals surface area contributed by atoms with Crippen molar-refractivity contribution in [1.82, 2.24) is 0 Å². The molecule has 0 fully saturated rings.